The van der Waals surface area contributed by atoms with Crippen LogP contribution in [-0.2, 0) is 42.7 Å². The molecule has 0 aliphatic heterocycles. The molecule has 0 radical (unpaired) electrons. The maximum atomic E-state index is 13.1. The van der Waals surface area contributed by atoms with Gasteiger partial charge in [-0.2, -0.15) is 0 Å². The van der Waals surface area contributed by atoms with Gasteiger partial charge in [0.05, 0.1) is 31.9 Å². The van der Waals surface area contributed by atoms with Gasteiger partial charge in [0.25, 0.3) is 0 Å². The normalized spacial score (nSPS) is 19.4. The second-order valence-electron chi connectivity index (χ2n) is 17.4. The zero-order valence-electron chi connectivity index (χ0n) is 60.3. The van der Waals surface area contributed by atoms with Gasteiger partial charge in [0.2, 0.25) is 0 Å². The topological polar surface area (TPSA) is 50.9 Å². The molecular formula is C58H60N3OPt-. The molecule has 5 heteroatoms. The van der Waals surface area contributed by atoms with Gasteiger partial charge in [-0.3, -0.25) is 9.55 Å². The smallest absolute Gasteiger partial charge is 0.148 e. The van der Waals surface area contributed by atoms with Gasteiger partial charge in [-0.05, 0) is 85.3 Å². The molecular weight excluding hydrogens is 950 g/mol. The fourth-order valence-corrected chi connectivity index (χ4v) is 7.35. The SMILES string of the molecule is [2H]c1c([2H])c([2H])c(-c2cc(C(C)(C)C)ccc2-n2c(-c3c([2H])c(C(C([2H])([2H])[2H])(C([2H])([2H])[2H])C([2H])([2H])[2H])c([2H])c(C(C([2H])([2H])[2H])(C([2H])([2H])[2H])C([2H])([2H])[2H])c3O)nc3c(-c4[c-]c(-c5cc(-c6ccc(C(C)(C)C)cc6)ccn5)ccc4)cccc32)c([2H])c1[2H].[Pt]. The first-order valence-electron chi connectivity index (χ1n) is 32.3. The molecule has 1 N–H and O–H groups in total. The van der Waals surface area contributed by atoms with E-state index in [0.717, 1.165) is 21.3 Å². The number of aromatic nitrogens is 3. The predicted molar refractivity (Wildman–Crippen MR) is 261 cm³/mol. The summed E-state index contributed by atoms with van der Waals surface area (Å²) in [7, 11) is 0. The minimum absolute atomic E-state index is 0. The number of imidazole rings is 1. The van der Waals surface area contributed by atoms with Gasteiger partial charge in [-0.25, -0.2) is 4.98 Å². The summed E-state index contributed by atoms with van der Waals surface area (Å²) in [6.07, 6.45) is 1.61. The van der Waals surface area contributed by atoms with Crippen LogP contribution in [0.5, 0.6) is 5.75 Å². The van der Waals surface area contributed by atoms with Gasteiger partial charge >= 0.3 is 0 Å². The van der Waals surface area contributed by atoms with Gasteiger partial charge in [-0.15, -0.1) is 29.8 Å². The van der Waals surface area contributed by atoms with Gasteiger partial charge in [-0.1, -0.05) is 179 Å². The second-order valence-corrected chi connectivity index (χ2v) is 17.4. The summed E-state index contributed by atoms with van der Waals surface area (Å²) in [6, 6.07) is 21.4. The molecule has 6 aromatic carbocycles. The predicted octanol–water partition coefficient (Wildman–Crippen LogP) is 15.4. The van der Waals surface area contributed by atoms with E-state index in [1.807, 2.05) is 36.4 Å². The number of nitrogens with zero attached hydrogens (tertiary/aromatic N) is 3. The van der Waals surface area contributed by atoms with Gasteiger partial charge < -0.3 is 5.11 Å². The van der Waals surface area contributed by atoms with Crippen molar-refractivity contribution in [2.24, 2.45) is 0 Å². The fraction of sp³-hybridized carbons (Fsp3) is 0.276. The van der Waals surface area contributed by atoms with E-state index < -0.39 is 133 Å². The number of pyridine rings is 1. The molecule has 0 aliphatic carbocycles. The molecule has 63 heavy (non-hydrogen) atoms. The standard InChI is InChI=1S/C58H60N3O.Pt/c1-55(2,3)42-26-24-37(25-27-42)39-30-31-59-49(33-39)41-21-16-20-40(32-41)45-22-17-23-51-52(45)60-54(47-35-44(57(7,8)9)36-48(53(47)62)58(10,11)12)61(51)50-29-28-43(56(4,5)6)34-46(50)38-18-14-13-15-19-38;/h13-31,33-36,62H,1-12H3;/q-1;/i7D3,8D3,9D3,10D3,11D3,12D3,13D,14D,15D,18D,19D,35D,36D;. The number of aromatic hydroxyl groups is 1. The molecule has 2 heterocycles. The molecule has 0 saturated carbocycles. The summed E-state index contributed by atoms with van der Waals surface area (Å²) >= 11 is 0. The second kappa shape index (κ2) is 16.9. The van der Waals surface area contributed by atoms with Gasteiger partial charge in [0.15, 0.2) is 0 Å². The van der Waals surface area contributed by atoms with Gasteiger partial charge in [0, 0.05) is 68.8 Å². The third-order valence-corrected chi connectivity index (χ3v) is 10.7. The Hall–Kier alpha value is -5.57. The van der Waals surface area contributed by atoms with Crippen LogP contribution in [0.2, 0.25) is 0 Å². The Morgan fingerprint density at radius 3 is 1.95 bits per heavy atom. The summed E-state index contributed by atoms with van der Waals surface area (Å²) in [5.74, 6) is -2.76. The van der Waals surface area contributed by atoms with Crippen LogP contribution < -0.4 is 0 Å². The van der Waals surface area contributed by atoms with Crippen molar-refractivity contribution in [3.63, 3.8) is 0 Å². The molecule has 0 unspecified atom stereocenters. The van der Waals surface area contributed by atoms with Crippen LogP contribution in [0.4, 0.5) is 0 Å². The zero-order valence-corrected chi connectivity index (χ0v) is 37.6. The van der Waals surface area contributed by atoms with Gasteiger partial charge in [0.1, 0.15) is 11.6 Å². The molecule has 0 amide bonds. The number of hydrogen-bond acceptors (Lipinski definition) is 3. The Morgan fingerprint density at radius 1 is 0.603 bits per heavy atom. The number of hydrogen-bond donors (Lipinski definition) is 1. The van der Waals surface area contributed by atoms with Crippen molar-refractivity contribution in [2.75, 3.05) is 0 Å². The van der Waals surface area contributed by atoms with Crippen molar-refractivity contribution in [1.29, 1.82) is 0 Å². The van der Waals surface area contributed by atoms with E-state index in [1.54, 1.807) is 57.3 Å². The monoisotopic (exact) mass is 1030 g/mol. The molecule has 2 aromatic heterocycles. The minimum atomic E-state index is -4.54. The van der Waals surface area contributed by atoms with Crippen LogP contribution >= 0.6 is 0 Å². The minimum Gasteiger partial charge on any atom is -0.507 e. The number of fused-ring (bicyclic) bond motifs is 1. The first-order chi connectivity index (χ1) is 39.6. The van der Waals surface area contributed by atoms with Crippen LogP contribution in [0, 0.1) is 6.07 Å². The van der Waals surface area contributed by atoms with Crippen LogP contribution in [-0.4, -0.2) is 19.6 Å². The van der Waals surface area contributed by atoms with Crippen LogP contribution in [0.15, 0.2) is 139 Å². The zero-order chi connectivity index (χ0) is 65.4. The maximum absolute atomic E-state index is 13.1. The summed E-state index contributed by atoms with van der Waals surface area (Å²) in [5, 5.41) is 13.1. The van der Waals surface area contributed by atoms with Crippen molar-refractivity contribution in [3.8, 4) is 67.5 Å². The Balaban J connectivity index is 0.0000110. The first kappa shape index (κ1) is 23.4. The third-order valence-electron chi connectivity index (χ3n) is 10.7. The molecule has 0 saturated heterocycles. The van der Waals surface area contributed by atoms with E-state index in [2.05, 4.69) is 31.8 Å². The molecule has 4 nitrogen and oxygen atoms in total. The molecule has 0 spiro atoms. The number of rotatable bonds is 6. The van der Waals surface area contributed by atoms with E-state index in [-0.39, 0.29) is 59.9 Å². The quantitative estimate of drug-likeness (QED) is 0.169. The van der Waals surface area contributed by atoms with Crippen LogP contribution in [0.1, 0.15) is 139 Å². The Morgan fingerprint density at radius 2 is 1.27 bits per heavy atom. The van der Waals surface area contributed by atoms with Crippen molar-refractivity contribution in [2.45, 2.75) is 104 Å². The average molecular weight is 1040 g/mol. The molecule has 0 atom stereocenters. The maximum Gasteiger partial charge on any atom is 0.148 e. The molecule has 324 valence electrons. The molecule has 8 aromatic rings. The average Bonchev–Trinajstić information content (AvgIpc) is 0.833. The molecule has 0 fully saturated rings. The summed E-state index contributed by atoms with van der Waals surface area (Å²) in [5.41, 5.74) is -11.8. The number of para-hydroxylation sites is 1. The number of benzene rings is 6. The van der Waals surface area contributed by atoms with Crippen LogP contribution in [0.3, 0.4) is 0 Å². The van der Waals surface area contributed by atoms with Crippen LogP contribution in [0.25, 0.3) is 72.7 Å². The van der Waals surface area contributed by atoms with E-state index in [0.29, 0.717) is 16.8 Å². The third kappa shape index (κ3) is 9.11. The fourth-order valence-electron chi connectivity index (χ4n) is 7.35. The van der Waals surface area contributed by atoms with E-state index in [4.69, 9.17) is 33.8 Å². The first-order valence-corrected chi connectivity index (χ1v) is 19.8. The summed E-state index contributed by atoms with van der Waals surface area (Å²) in [4.78, 5) is 9.57. The van der Waals surface area contributed by atoms with E-state index >= 15 is 0 Å². The van der Waals surface area contributed by atoms with E-state index in [9.17, 15) is 10.6 Å². The molecule has 8 rings (SSSR count). The largest absolute Gasteiger partial charge is 0.507 e. The van der Waals surface area contributed by atoms with Crippen molar-refractivity contribution in [1.82, 2.24) is 14.5 Å². The van der Waals surface area contributed by atoms with Crippen molar-refractivity contribution < 1.29 is 60.4 Å². The van der Waals surface area contributed by atoms with E-state index in [1.165, 1.54) is 24.3 Å². The Labute approximate surface area is 424 Å². The summed E-state index contributed by atoms with van der Waals surface area (Å²) < 4.78 is 223. The molecule has 0 bridgehead atoms. The summed E-state index contributed by atoms with van der Waals surface area (Å²) in [6.45, 7) is -14.8. The number of phenolic OH excluding ortho intramolecular Hbond substituents is 1. The van der Waals surface area contributed by atoms with Crippen molar-refractivity contribution in [3.05, 3.63) is 168 Å². The number of phenols is 1. The van der Waals surface area contributed by atoms with Crippen molar-refractivity contribution >= 4 is 11.0 Å². The Bertz CT molecular complexity index is 3850. The molecule has 0 aliphatic rings. The Kier molecular flexibility index (Phi) is 6.26.